The lowest BCUT2D eigenvalue weighted by Gasteiger charge is -2.00. The number of H-pyrrole nitrogens is 1. The first-order valence-electron chi connectivity index (χ1n) is 4.92. The van der Waals surface area contributed by atoms with E-state index >= 15 is 0 Å². The molecule has 3 aromatic rings. The van der Waals surface area contributed by atoms with Crippen LogP contribution in [0.25, 0.3) is 21.8 Å². The second-order valence-corrected chi connectivity index (χ2v) is 3.59. The third kappa shape index (κ3) is 1.07. The van der Waals surface area contributed by atoms with Gasteiger partial charge in [0.05, 0.1) is 35.9 Å². The summed E-state index contributed by atoms with van der Waals surface area (Å²) in [4.78, 5) is 7.20. The molecule has 3 rings (SSSR count). The van der Waals surface area contributed by atoms with E-state index in [2.05, 4.69) is 9.97 Å². The van der Waals surface area contributed by atoms with Gasteiger partial charge in [0.1, 0.15) is 11.5 Å². The molecule has 2 N–H and O–H groups in total. The summed E-state index contributed by atoms with van der Waals surface area (Å²) < 4.78 is 5.27. The highest BCUT2D eigenvalue weighted by atomic mass is 16.5. The van der Waals surface area contributed by atoms with Gasteiger partial charge in [0.15, 0.2) is 0 Å². The molecular formula is C12H10N2O2. The van der Waals surface area contributed by atoms with Crippen LogP contribution in [0.1, 0.15) is 0 Å². The minimum atomic E-state index is 0.232. The number of aromatic hydroxyl groups is 1. The van der Waals surface area contributed by atoms with Gasteiger partial charge in [0, 0.05) is 5.39 Å². The predicted octanol–water partition coefficient (Wildman–Crippen LogP) is 2.43. The number of phenols is 1. The number of aromatic amines is 1. The lowest BCUT2D eigenvalue weighted by molar-refractivity contribution is 0.418. The normalized spacial score (nSPS) is 11.1. The number of aromatic nitrogens is 2. The zero-order valence-corrected chi connectivity index (χ0v) is 8.69. The predicted molar refractivity (Wildman–Crippen MR) is 61.8 cm³/mol. The van der Waals surface area contributed by atoms with Crippen LogP contribution in [-0.4, -0.2) is 22.2 Å². The molecule has 0 unspecified atom stereocenters. The van der Waals surface area contributed by atoms with Crippen molar-refractivity contribution in [2.24, 2.45) is 0 Å². The van der Waals surface area contributed by atoms with Crippen molar-refractivity contribution in [2.45, 2.75) is 0 Å². The summed E-state index contributed by atoms with van der Waals surface area (Å²) in [6.45, 7) is 0. The van der Waals surface area contributed by atoms with Crippen LogP contribution in [0.2, 0.25) is 0 Å². The van der Waals surface area contributed by atoms with Gasteiger partial charge in [-0.3, -0.25) is 4.98 Å². The molecule has 4 nitrogen and oxygen atoms in total. The highest BCUT2D eigenvalue weighted by molar-refractivity contribution is 6.11. The third-order valence-corrected chi connectivity index (χ3v) is 2.70. The Balaban J connectivity index is 2.57. The van der Waals surface area contributed by atoms with Crippen molar-refractivity contribution in [2.75, 3.05) is 7.11 Å². The van der Waals surface area contributed by atoms with Gasteiger partial charge in [-0.15, -0.1) is 0 Å². The number of hydrogen-bond donors (Lipinski definition) is 2. The maximum absolute atomic E-state index is 9.74. The standard InChI is InChI=1S/C12H10N2O2/c1-16-10-6-13-5-8-11(10)7-3-2-4-9(15)12(7)14-8/h2-6,14-15H,1H3. The average molecular weight is 214 g/mol. The fourth-order valence-electron chi connectivity index (χ4n) is 1.98. The Hall–Kier alpha value is -2.23. The summed E-state index contributed by atoms with van der Waals surface area (Å²) in [5, 5.41) is 11.6. The first-order valence-corrected chi connectivity index (χ1v) is 4.92. The second-order valence-electron chi connectivity index (χ2n) is 3.59. The number of fused-ring (bicyclic) bond motifs is 3. The van der Waals surface area contributed by atoms with Gasteiger partial charge in [-0.2, -0.15) is 0 Å². The zero-order valence-electron chi connectivity index (χ0n) is 8.69. The molecule has 0 aliphatic rings. The molecule has 0 bridgehead atoms. The Bertz CT molecular complexity index is 673. The van der Waals surface area contributed by atoms with Crippen LogP contribution in [0.4, 0.5) is 0 Å². The van der Waals surface area contributed by atoms with Crippen molar-refractivity contribution in [1.29, 1.82) is 0 Å². The number of methoxy groups -OCH3 is 1. The van der Waals surface area contributed by atoms with E-state index < -0.39 is 0 Å². The van der Waals surface area contributed by atoms with Crippen LogP contribution in [0.3, 0.4) is 0 Å². The number of nitrogens with one attached hydrogen (secondary N) is 1. The van der Waals surface area contributed by atoms with Gasteiger partial charge in [-0.05, 0) is 6.07 Å². The maximum atomic E-state index is 9.74. The number of hydrogen-bond acceptors (Lipinski definition) is 3. The summed E-state index contributed by atoms with van der Waals surface area (Å²) in [5.74, 6) is 0.935. The minimum absolute atomic E-state index is 0.232. The van der Waals surface area contributed by atoms with Crippen LogP contribution in [0.15, 0.2) is 30.6 Å². The highest BCUT2D eigenvalue weighted by Crippen LogP contribution is 2.35. The van der Waals surface area contributed by atoms with Gasteiger partial charge in [0.25, 0.3) is 0 Å². The van der Waals surface area contributed by atoms with Gasteiger partial charge in [-0.1, -0.05) is 12.1 Å². The van der Waals surface area contributed by atoms with E-state index in [0.717, 1.165) is 16.3 Å². The van der Waals surface area contributed by atoms with Crippen molar-refractivity contribution >= 4 is 21.8 Å². The molecule has 2 heterocycles. The van der Waals surface area contributed by atoms with Gasteiger partial charge >= 0.3 is 0 Å². The quantitative estimate of drug-likeness (QED) is 0.654. The Morgan fingerprint density at radius 1 is 1.31 bits per heavy atom. The summed E-state index contributed by atoms with van der Waals surface area (Å²) in [6.07, 6.45) is 3.39. The molecule has 0 aliphatic heterocycles. The SMILES string of the molecule is COc1cncc2[nH]c3c(O)cccc3c12. The molecule has 0 radical (unpaired) electrons. The van der Waals surface area contributed by atoms with E-state index in [1.807, 2.05) is 12.1 Å². The molecule has 4 heteroatoms. The topological polar surface area (TPSA) is 58.1 Å². The lowest BCUT2D eigenvalue weighted by atomic mass is 10.1. The number of para-hydroxylation sites is 1. The summed E-state index contributed by atoms with van der Waals surface area (Å²) in [6, 6.07) is 5.40. The maximum Gasteiger partial charge on any atom is 0.147 e. The van der Waals surface area contributed by atoms with Crippen LogP contribution >= 0.6 is 0 Å². The van der Waals surface area contributed by atoms with Crippen LogP contribution in [0, 0.1) is 0 Å². The number of pyridine rings is 1. The molecule has 1 aromatic carbocycles. The molecule has 0 amide bonds. The van der Waals surface area contributed by atoms with Gasteiger partial charge in [0.2, 0.25) is 0 Å². The number of benzene rings is 1. The van der Waals surface area contributed by atoms with E-state index in [9.17, 15) is 5.11 Å². The van der Waals surface area contributed by atoms with Crippen LogP contribution in [0.5, 0.6) is 11.5 Å². The van der Waals surface area contributed by atoms with Crippen molar-refractivity contribution in [1.82, 2.24) is 9.97 Å². The monoisotopic (exact) mass is 214 g/mol. The first kappa shape index (κ1) is 9.03. The number of nitrogens with zero attached hydrogens (tertiary/aromatic N) is 1. The molecule has 0 fully saturated rings. The van der Waals surface area contributed by atoms with E-state index in [1.165, 1.54) is 0 Å². The molecule has 16 heavy (non-hydrogen) atoms. The average Bonchev–Trinajstić information content (AvgIpc) is 2.69. The highest BCUT2D eigenvalue weighted by Gasteiger charge is 2.11. The minimum Gasteiger partial charge on any atom is -0.506 e. The lowest BCUT2D eigenvalue weighted by Crippen LogP contribution is -1.84. The Morgan fingerprint density at radius 3 is 3.00 bits per heavy atom. The number of rotatable bonds is 1. The molecule has 0 aliphatic carbocycles. The van der Waals surface area contributed by atoms with Crippen molar-refractivity contribution < 1.29 is 9.84 Å². The summed E-state index contributed by atoms with van der Waals surface area (Å²) >= 11 is 0. The van der Waals surface area contributed by atoms with Crippen molar-refractivity contribution in [3.05, 3.63) is 30.6 Å². The molecule has 2 aromatic heterocycles. The molecule has 0 saturated heterocycles. The van der Waals surface area contributed by atoms with E-state index in [-0.39, 0.29) is 5.75 Å². The second kappa shape index (κ2) is 3.13. The third-order valence-electron chi connectivity index (χ3n) is 2.70. The van der Waals surface area contributed by atoms with E-state index in [0.29, 0.717) is 11.3 Å². The van der Waals surface area contributed by atoms with Crippen LogP contribution < -0.4 is 4.74 Å². The smallest absolute Gasteiger partial charge is 0.147 e. The van der Waals surface area contributed by atoms with Crippen LogP contribution in [-0.2, 0) is 0 Å². The summed E-state index contributed by atoms with van der Waals surface area (Å²) in [5.41, 5.74) is 1.57. The largest absolute Gasteiger partial charge is 0.506 e. The molecule has 80 valence electrons. The molecule has 0 saturated carbocycles. The molecule has 0 atom stereocenters. The van der Waals surface area contributed by atoms with Crippen molar-refractivity contribution in [3.63, 3.8) is 0 Å². The van der Waals surface area contributed by atoms with E-state index in [1.54, 1.807) is 25.6 Å². The first-order chi connectivity index (χ1) is 7.81. The number of ether oxygens (including phenoxy) is 1. The fraction of sp³-hybridized carbons (Fsp3) is 0.0833. The Labute approximate surface area is 91.5 Å². The Kier molecular flexibility index (Phi) is 1.77. The number of phenolic OH excluding ortho intramolecular Hbond substituents is 1. The van der Waals surface area contributed by atoms with Gasteiger partial charge in [-0.25, -0.2) is 0 Å². The molecular weight excluding hydrogens is 204 g/mol. The summed E-state index contributed by atoms with van der Waals surface area (Å²) in [7, 11) is 1.61. The zero-order chi connectivity index (χ0) is 11.1. The fourth-order valence-corrected chi connectivity index (χ4v) is 1.98. The van der Waals surface area contributed by atoms with Crippen molar-refractivity contribution in [3.8, 4) is 11.5 Å². The van der Waals surface area contributed by atoms with Gasteiger partial charge < -0.3 is 14.8 Å². The molecule has 0 spiro atoms. The Morgan fingerprint density at radius 2 is 2.19 bits per heavy atom. The van der Waals surface area contributed by atoms with E-state index in [4.69, 9.17) is 4.74 Å².